The standard InChI is InChI=1S/C17H16N4O5/c1-26-17(25)15-14(19)11(8-18)9-21(15)12-4-2-10(3-5-12)16(24)20-7-6-13(22)23/h2-5,9H,6-7,19H2,1H3,(H,20,24)(H,22,23). The number of anilines is 1. The molecule has 1 heterocycles. The van der Waals surface area contributed by atoms with E-state index in [4.69, 9.17) is 20.8 Å². The van der Waals surface area contributed by atoms with Gasteiger partial charge in [0.25, 0.3) is 5.91 Å². The van der Waals surface area contributed by atoms with E-state index in [2.05, 4.69) is 5.32 Å². The summed E-state index contributed by atoms with van der Waals surface area (Å²) >= 11 is 0. The molecule has 1 aromatic heterocycles. The van der Waals surface area contributed by atoms with Crippen LogP contribution in [-0.2, 0) is 9.53 Å². The third kappa shape index (κ3) is 3.81. The van der Waals surface area contributed by atoms with E-state index >= 15 is 0 Å². The number of carboxylic acid groups (broad SMARTS) is 1. The smallest absolute Gasteiger partial charge is 0.357 e. The number of nitrogen functional groups attached to an aromatic ring is 1. The Morgan fingerprint density at radius 3 is 2.50 bits per heavy atom. The van der Waals surface area contributed by atoms with Gasteiger partial charge in [-0.1, -0.05) is 0 Å². The lowest BCUT2D eigenvalue weighted by atomic mass is 10.2. The van der Waals surface area contributed by atoms with Crippen LogP contribution in [0.2, 0.25) is 0 Å². The number of carbonyl (C=O) groups excluding carboxylic acids is 2. The number of rotatable bonds is 6. The van der Waals surface area contributed by atoms with E-state index in [1.54, 1.807) is 12.1 Å². The van der Waals surface area contributed by atoms with Crippen LogP contribution in [0.4, 0.5) is 5.69 Å². The van der Waals surface area contributed by atoms with Gasteiger partial charge in [0.1, 0.15) is 6.07 Å². The highest BCUT2D eigenvalue weighted by Crippen LogP contribution is 2.24. The van der Waals surface area contributed by atoms with Gasteiger partial charge in [-0.15, -0.1) is 0 Å². The number of ether oxygens (including phenoxy) is 1. The minimum atomic E-state index is -1.01. The Bertz CT molecular complexity index is 893. The van der Waals surface area contributed by atoms with Crippen LogP contribution in [0.25, 0.3) is 5.69 Å². The fraction of sp³-hybridized carbons (Fsp3) is 0.176. The Morgan fingerprint density at radius 1 is 1.31 bits per heavy atom. The molecule has 9 heteroatoms. The third-order valence-corrected chi connectivity index (χ3v) is 3.58. The molecule has 0 aliphatic carbocycles. The molecule has 1 amide bonds. The van der Waals surface area contributed by atoms with Crippen LogP contribution in [0.3, 0.4) is 0 Å². The second-order valence-corrected chi connectivity index (χ2v) is 5.22. The number of carbonyl (C=O) groups is 3. The number of nitrogens with one attached hydrogen (secondary N) is 1. The molecule has 0 saturated carbocycles. The van der Waals surface area contributed by atoms with Gasteiger partial charge in [0.05, 0.1) is 24.8 Å². The average molecular weight is 356 g/mol. The summed E-state index contributed by atoms with van der Waals surface area (Å²) in [6, 6.07) is 8.06. The first-order valence-corrected chi connectivity index (χ1v) is 7.48. The molecule has 4 N–H and O–H groups in total. The zero-order valence-electron chi connectivity index (χ0n) is 13.9. The highest BCUT2D eigenvalue weighted by molar-refractivity contribution is 5.96. The first kappa shape index (κ1) is 18.5. The number of nitrogens with zero attached hydrogens (tertiary/aromatic N) is 2. The Hall–Kier alpha value is -3.80. The van der Waals surface area contributed by atoms with Crippen LogP contribution in [0.1, 0.15) is 32.8 Å². The molecule has 0 unspecified atom stereocenters. The van der Waals surface area contributed by atoms with Crippen LogP contribution in [0, 0.1) is 11.3 Å². The number of carboxylic acids is 1. The van der Waals surface area contributed by atoms with Crippen molar-refractivity contribution in [2.75, 3.05) is 19.4 Å². The number of benzene rings is 1. The number of aliphatic carboxylic acids is 1. The molecule has 9 nitrogen and oxygen atoms in total. The zero-order valence-corrected chi connectivity index (χ0v) is 13.9. The van der Waals surface area contributed by atoms with Gasteiger partial charge in [-0.05, 0) is 24.3 Å². The van der Waals surface area contributed by atoms with Crippen molar-refractivity contribution in [1.82, 2.24) is 9.88 Å². The van der Waals surface area contributed by atoms with E-state index in [-0.39, 0.29) is 29.9 Å². The number of nitrogens with two attached hydrogens (primary N) is 1. The van der Waals surface area contributed by atoms with Crippen LogP contribution in [0.15, 0.2) is 30.5 Å². The highest BCUT2D eigenvalue weighted by atomic mass is 16.5. The quantitative estimate of drug-likeness (QED) is 0.652. The molecular weight excluding hydrogens is 340 g/mol. The van der Waals surface area contributed by atoms with E-state index in [0.717, 1.165) is 0 Å². The lowest BCUT2D eigenvalue weighted by Gasteiger charge is -2.09. The summed E-state index contributed by atoms with van der Waals surface area (Å²) in [5.41, 5.74) is 6.80. The molecule has 0 bridgehead atoms. The summed E-state index contributed by atoms with van der Waals surface area (Å²) in [5.74, 6) is -2.12. The van der Waals surface area contributed by atoms with E-state index in [1.807, 2.05) is 6.07 Å². The van der Waals surface area contributed by atoms with Gasteiger partial charge in [-0.3, -0.25) is 9.59 Å². The molecule has 2 aromatic rings. The Kier molecular flexibility index (Phi) is 5.60. The number of methoxy groups -OCH3 is 1. The minimum absolute atomic E-state index is 0.00911. The molecule has 1 aromatic carbocycles. The van der Waals surface area contributed by atoms with Crippen molar-refractivity contribution in [2.24, 2.45) is 0 Å². The summed E-state index contributed by atoms with van der Waals surface area (Å²) in [6.07, 6.45) is 1.23. The maximum absolute atomic E-state index is 12.0. The van der Waals surface area contributed by atoms with E-state index in [0.29, 0.717) is 11.3 Å². The van der Waals surface area contributed by atoms with Crippen LogP contribution >= 0.6 is 0 Å². The Labute approximate surface area is 148 Å². The first-order chi connectivity index (χ1) is 12.4. The molecular formula is C17H16N4O5. The van der Waals surface area contributed by atoms with Crippen LogP contribution in [0.5, 0.6) is 0 Å². The van der Waals surface area contributed by atoms with E-state index in [1.165, 1.54) is 30.0 Å². The number of hydrogen-bond donors (Lipinski definition) is 3. The lowest BCUT2D eigenvalue weighted by molar-refractivity contribution is -0.136. The van der Waals surface area contributed by atoms with E-state index in [9.17, 15) is 14.4 Å². The lowest BCUT2D eigenvalue weighted by Crippen LogP contribution is -2.25. The van der Waals surface area contributed by atoms with Crippen molar-refractivity contribution in [2.45, 2.75) is 6.42 Å². The molecule has 0 radical (unpaired) electrons. The molecule has 0 atom stereocenters. The molecule has 0 spiro atoms. The fourth-order valence-corrected chi connectivity index (χ4v) is 2.28. The third-order valence-electron chi connectivity index (χ3n) is 3.58. The average Bonchev–Trinajstić information content (AvgIpc) is 2.97. The Balaban J connectivity index is 2.29. The normalized spacial score (nSPS) is 10.0. The SMILES string of the molecule is COC(=O)c1c(N)c(C#N)cn1-c1ccc(C(=O)NCCC(=O)O)cc1. The second kappa shape index (κ2) is 7.85. The highest BCUT2D eigenvalue weighted by Gasteiger charge is 2.21. The summed E-state index contributed by atoms with van der Waals surface area (Å²) in [7, 11) is 1.20. The largest absolute Gasteiger partial charge is 0.481 e. The van der Waals surface area contributed by atoms with Crippen LogP contribution < -0.4 is 11.1 Å². The van der Waals surface area contributed by atoms with Crippen molar-refractivity contribution in [3.05, 3.63) is 47.3 Å². The number of aromatic nitrogens is 1. The van der Waals surface area contributed by atoms with Crippen molar-refractivity contribution in [1.29, 1.82) is 5.26 Å². The van der Waals surface area contributed by atoms with Gasteiger partial charge < -0.3 is 25.5 Å². The summed E-state index contributed by atoms with van der Waals surface area (Å²) in [4.78, 5) is 34.4. The predicted octanol–water partition coefficient (Wildman–Crippen LogP) is 0.922. The number of amides is 1. The van der Waals surface area contributed by atoms with Gasteiger partial charge in [-0.25, -0.2) is 4.79 Å². The summed E-state index contributed by atoms with van der Waals surface area (Å²) < 4.78 is 6.11. The van der Waals surface area contributed by atoms with Gasteiger partial charge in [0, 0.05) is 24.0 Å². The summed E-state index contributed by atoms with van der Waals surface area (Å²) in [5, 5.41) is 20.2. The number of hydrogen-bond acceptors (Lipinski definition) is 6. The molecule has 0 fully saturated rings. The molecule has 134 valence electrons. The first-order valence-electron chi connectivity index (χ1n) is 7.48. The molecule has 0 aliphatic rings. The van der Waals surface area contributed by atoms with Crippen molar-refractivity contribution in [3.63, 3.8) is 0 Å². The molecule has 0 saturated heterocycles. The van der Waals surface area contributed by atoms with Crippen molar-refractivity contribution in [3.8, 4) is 11.8 Å². The maximum Gasteiger partial charge on any atom is 0.357 e. The molecule has 26 heavy (non-hydrogen) atoms. The molecule has 0 aliphatic heterocycles. The van der Waals surface area contributed by atoms with Gasteiger partial charge >= 0.3 is 11.9 Å². The topological polar surface area (TPSA) is 147 Å². The van der Waals surface area contributed by atoms with Crippen molar-refractivity contribution >= 4 is 23.5 Å². The second-order valence-electron chi connectivity index (χ2n) is 5.22. The van der Waals surface area contributed by atoms with E-state index < -0.39 is 17.8 Å². The fourth-order valence-electron chi connectivity index (χ4n) is 2.28. The molecule has 2 rings (SSSR count). The van der Waals surface area contributed by atoms with Gasteiger partial charge in [0.2, 0.25) is 0 Å². The maximum atomic E-state index is 12.0. The van der Waals surface area contributed by atoms with Crippen molar-refractivity contribution < 1.29 is 24.2 Å². The zero-order chi connectivity index (χ0) is 19.3. The van der Waals surface area contributed by atoms with Gasteiger partial charge in [0.15, 0.2) is 5.69 Å². The van der Waals surface area contributed by atoms with Gasteiger partial charge in [-0.2, -0.15) is 5.26 Å². The Morgan fingerprint density at radius 2 is 1.96 bits per heavy atom. The number of esters is 1. The summed E-state index contributed by atoms with van der Waals surface area (Å²) in [6.45, 7) is 0.0159. The minimum Gasteiger partial charge on any atom is -0.481 e. The van der Waals surface area contributed by atoms with Crippen LogP contribution in [-0.4, -0.2) is 41.2 Å². The number of nitriles is 1. The predicted molar refractivity (Wildman–Crippen MR) is 90.8 cm³/mol. The monoisotopic (exact) mass is 356 g/mol.